The van der Waals surface area contributed by atoms with Crippen LogP contribution in [0.3, 0.4) is 0 Å². The van der Waals surface area contributed by atoms with Gasteiger partial charge < -0.3 is 14.4 Å². The Morgan fingerprint density at radius 3 is 2.59 bits per heavy atom. The number of aromatic nitrogens is 1. The smallest absolute Gasteiger partial charge is 0.411 e. The van der Waals surface area contributed by atoms with Gasteiger partial charge in [-0.2, -0.15) is 0 Å². The number of anilines is 1. The number of aromatic hydroxyl groups is 1. The fraction of sp³-hybridized carbons (Fsp3) is 0.190. The van der Waals surface area contributed by atoms with E-state index in [1.54, 1.807) is 24.4 Å². The highest BCUT2D eigenvalue weighted by Gasteiger charge is 2.28. The predicted octanol–water partition coefficient (Wildman–Crippen LogP) is 3.07. The summed E-state index contributed by atoms with van der Waals surface area (Å²) in [5, 5.41) is 16.6. The molecule has 148 valence electrons. The molecule has 29 heavy (non-hydrogen) atoms. The van der Waals surface area contributed by atoms with Gasteiger partial charge in [-0.05, 0) is 23.8 Å². The summed E-state index contributed by atoms with van der Waals surface area (Å²) in [5.74, 6) is -0.760. The van der Waals surface area contributed by atoms with Crippen LogP contribution in [-0.4, -0.2) is 27.6 Å². The molecule has 1 saturated heterocycles. The van der Waals surface area contributed by atoms with Crippen molar-refractivity contribution >= 4 is 34.4 Å². The molecule has 8 heteroatoms. The SMILES string of the molecule is O=C1CC(n2cc3cc(NC(=O)OCc4ccccc4)ccc3c2O)CC(=O)N1. The first kappa shape index (κ1) is 18.5. The van der Waals surface area contributed by atoms with Crippen LogP contribution in [0.15, 0.2) is 54.7 Å². The van der Waals surface area contributed by atoms with E-state index in [0.717, 1.165) is 5.56 Å². The van der Waals surface area contributed by atoms with Crippen LogP contribution in [-0.2, 0) is 20.9 Å². The van der Waals surface area contributed by atoms with Crippen LogP contribution in [0.2, 0.25) is 0 Å². The molecule has 0 radical (unpaired) electrons. The highest BCUT2D eigenvalue weighted by atomic mass is 16.5. The summed E-state index contributed by atoms with van der Waals surface area (Å²) >= 11 is 0. The zero-order valence-electron chi connectivity index (χ0n) is 15.4. The molecule has 3 N–H and O–H groups in total. The van der Waals surface area contributed by atoms with E-state index in [1.807, 2.05) is 30.3 Å². The van der Waals surface area contributed by atoms with Gasteiger partial charge in [-0.1, -0.05) is 30.3 Å². The molecule has 4 rings (SSSR count). The first-order chi connectivity index (χ1) is 14.0. The summed E-state index contributed by atoms with van der Waals surface area (Å²) < 4.78 is 6.73. The van der Waals surface area contributed by atoms with E-state index in [1.165, 1.54) is 4.57 Å². The quantitative estimate of drug-likeness (QED) is 0.590. The van der Waals surface area contributed by atoms with Gasteiger partial charge in [0.25, 0.3) is 0 Å². The van der Waals surface area contributed by atoms with Crippen LogP contribution in [0.1, 0.15) is 24.4 Å². The van der Waals surface area contributed by atoms with E-state index in [-0.39, 0.29) is 37.1 Å². The van der Waals surface area contributed by atoms with E-state index >= 15 is 0 Å². The lowest BCUT2D eigenvalue weighted by Crippen LogP contribution is -2.39. The third kappa shape index (κ3) is 4.06. The van der Waals surface area contributed by atoms with Crippen molar-refractivity contribution in [3.05, 3.63) is 60.3 Å². The second-order valence-corrected chi connectivity index (χ2v) is 6.88. The molecule has 2 heterocycles. The fourth-order valence-corrected chi connectivity index (χ4v) is 3.41. The number of piperidine rings is 1. The molecule has 0 bridgehead atoms. The second-order valence-electron chi connectivity index (χ2n) is 6.88. The number of ether oxygens (including phenoxy) is 1. The fourth-order valence-electron chi connectivity index (χ4n) is 3.41. The Morgan fingerprint density at radius 2 is 1.86 bits per heavy atom. The zero-order valence-corrected chi connectivity index (χ0v) is 15.4. The third-order valence-electron chi connectivity index (χ3n) is 4.79. The molecule has 3 aromatic rings. The van der Waals surface area contributed by atoms with Gasteiger partial charge in [0.1, 0.15) is 6.61 Å². The topological polar surface area (TPSA) is 110 Å². The Morgan fingerprint density at radius 1 is 1.14 bits per heavy atom. The van der Waals surface area contributed by atoms with Crippen molar-refractivity contribution in [3.63, 3.8) is 0 Å². The second kappa shape index (κ2) is 7.67. The molecular formula is C21H19N3O5. The van der Waals surface area contributed by atoms with Gasteiger partial charge in [0.2, 0.25) is 11.8 Å². The van der Waals surface area contributed by atoms with Gasteiger partial charge in [-0.3, -0.25) is 20.2 Å². The molecule has 0 aliphatic carbocycles. The van der Waals surface area contributed by atoms with Crippen LogP contribution in [0.25, 0.3) is 10.8 Å². The minimum absolute atomic E-state index is 0.0225. The molecule has 0 atom stereocenters. The van der Waals surface area contributed by atoms with Crippen LogP contribution in [0.5, 0.6) is 5.88 Å². The Hall–Kier alpha value is -3.81. The summed E-state index contributed by atoms with van der Waals surface area (Å²) in [6.07, 6.45) is 1.29. The van der Waals surface area contributed by atoms with Crippen molar-refractivity contribution in [1.82, 2.24) is 9.88 Å². The number of carbonyl (C=O) groups excluding carboxylic acids is 3. The number of hydrogen-bond acceptors (Lipinski definition) is 5. The molecule has 3 amide bonds. The summed E-state index contributed by atoms with van der Waals surface area (Å²) in [5.41, 5.74) is 1.39. The van der Waals surface area contributed by atoms with Gasteiger partial charge in [-0.25, -0.2) is 4.79 Å². The van der Waals surface area contributed by atoms with Crippen LogP contribution >= 0.6 is 0 Å². The van der Waals surface area contributed by atoms with Crippen LogP contribution in [0.4, 0.5) is 10.5 Å². The Balaban J connectivity index is 1.48. The van der Waals surface area contributed by atoms with Gasteiger partial charge >= 0.3 is 6.09 Å². The van der Waals surface area contributed by atoms with E-state index in [4.69, 9.17) is 4.74 Å². The van der Waals surface area contributed by atoms with Gasteiger partial charge in [0, 0.05) is 35.5 Å². The number of amides is 3. The molecule has 1 aliphatic rings. The molecular weight excluding hydrogens is 374 g/mol. The average Bonchev–Trinajstić information content (AvgIpc) is 3.02. The Kier molecular flexibility index (Phi) is 4.90. The summed E-state index contributed by atoms with van der Waals surface area (Å²) in [6.45, 7) is 0.157. The number of carbonyl (C=O) groups is 3. The molecule has 1 aliphatic heterocycles. The van der Waals surface area contributed by atoms with Crippen LogP contribution in [0, 0.1) is 0 Å². The average molecular weight is 393 g/mol. The van der Waals surface area contributed by atoms with Gasteiger partial charge in [0.15, 0.2) is 5.88 Å². The first-order valence-corrected chi connectivity index (χ1v) is 9.13. The first-order valence-electron chi connectivity index (χ1n) is 9.13. The monoisotopic (exact) mass is 393 g/mol. The van der Waals surface area contributed by atoms with E-state index in [0.29, 0.717) is 16.5 Å². The largest absolute Gasteiger partial charge is 0.494 e. The predicted molar refractivity (Wildman–Crippen MR) is 105 cm³/mol. The van der Waals surface area contributed by atoms with Crippen molar-refractivity contribution in [3.8, 4) is 5.88 Å². The lowest BCUT2D eigenvalue weighted by molar-refractivity contribution is -0.134. The lowest BCUT2D eigenvalue weighted by atomic mass is 10.1. The number of nitrogens with zero attached hydrogens (tertiary/aromatic N) is 1. The molecule has 0 spiro atoms. The summed E-state index contributed by atoms with van der Waals surface area (Å²) in [7, 11) is 0. The van der Waals surface area contributed by atoms with Crippen molar-refractivity contribution in [1.29, 1.82) is 0 Å². The standard InChI is InChI=1S/C21H19N3O5/c25-18-9-16(10-19(26)23-18)24-11-14-8-15(6-7-17(14)20(24)27)22-21(28)29-12-13-4-2-1-3-5-13/h1-8,11,16,27H,9-10,12H2,(H,22,28)(H,23,25,26). The maximum atomic E-state index is 12.0. The van der Waals surface area contributed by atoms with E-state index in [2.05, 4.69) is 10.6 Å². The molecule has 1 fully saturated rings. The normalized spacial score (nSPS) is 14.6. The van der Waals surface area contributed by atoms with E-state index < -0.39 is 12.1 Å². The summed E-state index contributed by atoms with van der Waals surface area (Å²) in [4.78, 5) is 35.3. The van der Waals surface area contributed by atoms with Gasteiger partial charge in [0.05, 0.1) is 6.04 Å². The molecule has 1 aromatic heterocycles. The Labute approximate surface area is 166 Å². The van der Waals surface area contributed by atoms with Crippen molar-refractivity contribution in [2.45, 2.75) is 25.5 Å². The van der Waals surface area contributed by atoms with Crippen LogP contribution < -0.4 is 10.6 Å². The molecule has 0 saturated carbocycles. The number of rotatable bonds is 4. The van der Waals surface area contributed by atoms with Crippen molar-refractivity contribution in [2.24, 2.45) is 0 Å². The third-order valence-corrected chi connectivity index (χ3v) is 4.79. The van der Waals surface area contributed by atoms with Crippen molar-refractivity contribution in [2.75, 3.05) is 5.32 Å². The number of benzene rings is 2. The number of imide groups is 1. The highest BCUT2D eigenvalue weighted by molar-refractivity contribution is 5.98. The molecule has 2 aromatic carbocycles. The minimum Gasteiger partial charge on any atom is -0.494 e. The van der Waals surface area contributed by atoms with E-state index in [9.17, 15) is 19.5 Å². The minimum atomic E-state index is -0.591. The number of fused-ring (bicyclic) bond motifs is 1. The highest BCUT2D eigenvalue weighted by Crippen LogP contribution is 2.34. The maximum absolute atomic E-state index is 12.0. The van der Waals surface area contributed by atoms with Gasteiger partial charge in [-0.15, -0.1) is 0 Å². The number of hydrogen-bond donors (Lipinski definition) is 3. The lowest BCUT2D eigenvalue weighted by Gasteiger charge is -2.22. The molecule has 8 nitrogen and oxygen atoms in total. The van der Waals surface area contributed by atoms with Crippen molar-refractivity contribution < 1.29 is 24.2 Å². The Bertz CT molecular complexity index is 1070. The zero-order chi connectivity index (χ0) is 20.4. The number of nitrogens with one attached hydrogen (secondary N) is 2. The molecule has 0 unspecified atom stereocenters. The summed E-state index contributed by atoms with van der Waals surface area (Å²) in [6, 6.07) is 13.9. The maximum Gasteiger partial charge on any atom is 0.411 e.